The number of carbonyl (C=O) groups excluding carboxylic acids is 3. The number of amides is 3. The van der Waals surface area contributed by atoms with Crippen LogP contribution >= 0.6 is 0 Å². The lowest BCUT2D eigenvalue weighted by Gasteiger charge is -2.28. The summed E-state index contributed by atoms with van der Waals surface area (Å²) >= 11 is 0. The van der Waals surface area contributed by atoms with Gasteiger partial charge in [-0.05, 0) is 79.1 Å². The fourth-order valence-corrected chi connectivity index (χ4v) is 12.1. The van der Waals surface area contributed by atoms with Crippen LogP contribution in [0.5, 0.6) is 0 Å². The number of hydrogen-bond acceptors (Lipinski definition) is 14. The van der Waals surface area contributed by atoms with Crippen molar-refractivity contribution >= 4 is 64.7 Å². The Morgan fingerprint density at radius 2 is 0.931 bits per heavy atom. The van der Waals surface area contributed by atoms with Crippen LogP contribution in [0.1, 0.15) is 200 Å². The minimum Gasteiger partial charge on any atom is -0.359 e. The van der Waals surface area contributed by atoms with Crippen LogP contribution in [-0.4, -0.2) is 94.1 Å². The van der Waals surface area contributed by atoms with E-state index in [0.29, 0.717) is 43.0 Å². The molecule has 0 bridgehead atoms. The van der Waals surface area contributed by atoms with E-state index in [0.717, 1.165) is 31.4 Å². The lowest BCUT2D eigenvalue weighted by atomic mass is 9.92. The SMILES string of the molecule is CC(C)(C)c1cc(NC(=O)C(C)(C)S(=O)(=O)C2CCCCCC2)no1.CC(C)CCS(=O)(=O)C(C)(C)C(=O)Nc1cc(C(C)(C)C)nn1C.CC(C)CCS(=O)(=O)C(C)(C)C(=O)Nc1cc(C(C)(C)C)on1. The average Bonchev–Trinajstić information content (AvgIpc) is 3.95. The zero-order chi connectivity index (χ0) is 55.9. The second kappa shape index (κ2) is 24.0. The second-order valence-corrected chi connectivity index (χ2v) is 32.6. The van der Waals surface area contributed by atoms with Gasteiger partial charge in [0, 0.05) is 41.5 Å². The smallest absolute Gasteiger partial charge is 0.246 e. The Labute approximate surface area is 431 Å². The monoisotopic (exact) mass is 1070 g/mol. The first-order valence-electron chi connectivity index (χ1n) is 25.0. The molecular weight excluding hydrogens is 983 g/mol. The standard InChI is InChI=1S/C18H30N2O4S.C17H31N3O3S.C16H28N2O4S/c1-17(2,3)14-12-15(20-24-14)19-16(21)18(4,5)25(22,23)13-10-8-6-7-9-11-13;1-12(2)9-10-24(22,23)17(6,7)15(21)18-14-11-13(16(3,4)5)19-20(14)8;1-11(2)8-9-23(20,21)16(6,7)14(19)17-13-10-12(22-18-13)15(3,4)5/h12-13H,6-11H2,1-5H3,(H,19,20,21);11-12H,9-10H2,1-8H3,(H,18,21);10-11H,8-9H2,1-7H3,(H,17,18,19). The molecule has 72 heavy (non-hydrogen) atoms. The van der Waals surface area contributed by atoms with Gasteiger partial charge in [-0.2, -0.15) is 5.10 Å². The van der Waals surface area contributed by atoms with Crippen LogP contribution in [-0.2, 0) is 67.2 Å². The van der Waals surface area contributed by atoms with Crippen molar-refractivity contribution in [3.63, 3.8) is 0 Å². The first kappa shape index (κ1) is 64.0. The van der Waals surface area contributed by atoms with Gasteiger partial charge in [0.1, 0.15) is 31.6 Å². The van der Waals surface area contributed by atoms with Crippen LogP contribution in [0.15, 0.2) is 27.2 Å². The van der Waals surface area contributed by atoms with Crippen molar-refractivity contribution in [3.05, 3.63) is 35.4 Å². The highest BCUT2D eigenvalue weighted by Gasteiger charge is 2.47. The van der Waals surface area contributed by atoms with Crippen molar-refractivity contribution in [2.75, 3.05) is 27.5 Å². The molecule has 3 heterocycles. The number of carbonyl (C=O) groups is 3. The zero-order valence-electron chi connectivity index (χ0n) is 47.0. The maximum absolute atomic E-state index is 13.1. The summed E-state index contributed by atoms with van der Waals surface area (Å²) in [7, 11) is -8.99. The van der Waals surface area contributed by atoms with Crippen molar-refractivity contribution in [2.24, 2.45) is 18.9 Å². The Balaban J connectivity index is 0.000000370. The van der Waals surface area contributed by atoms with E-state index >= 15 is 0 Å². The third-order valence-corrected chi connectivity index (χ3v) is 20.9. The van der Waals surface area contributed by atoms with Crippen molar-refractivity contribution in [1.82, 2.24) is 20.1 Å². The summed E-state index contributed by atoms with van der Waals surface area (Å²) in [6, 6.07) is 5.05. The number of sulfone groups is 3. The third kappa shape index (κ3) is 17.0. The number of nitrogens with one attached hydrogen (secondary N) is 3. The van der Waals surface area contributed by atoms with Gasteiger partial charge in [0.2, 0.25) is 17.7 Å². The van der Waals surface area contributed by atoms with Gasteiger partial charge < -0.3 is 25.0 Å². The highest BCUT2D eigenvalue weighted by Crippen LogP contribution is 2.33. The van der Waals surface area contributed by atoms with E-state index in [1.54, 1.807) is 29.9 Å². The summed E-state index contributed by atoms with van der Waals surface area (Å²) in [5.41, 5.74) is 0.201. The normalized spacial score (nSPS) is 15.0. The van der Waals surface area contributed by atoms with Crippen LogP contribution in [0.2, 0.25) is 0 Å². The van der Waals surface area contributed by atoms with Crippen molar-refractivity contribution in [3.8, 4) is 0 Å². The van der Waals surface area contributed by atoms with E-state index in [1.807, 2.05) is 90.0 Å². The number of aromatic nitrogens is 4. The van der Waals surface area contributed by atoms with E-state index < -0.39 is 66.7 Å². The molecule has 21 heteroatoms. The molecule has 1 aliphatic rings. The topological polar surface area (TPSA) is 260 Å². The molecule has 4 rings (SSSR count). The molecule has 3 aromatic heterocycles. The molecule has 0 aromatic carbocycles. The van der Waals surface area contributed by atoms with E-state index in [1.165, 1.54) is 41.5 Å². The molecule has 0 spiro atoms. The largest absolute Gasteiger partial charge is 0.359 e. The summed E-state index contributed by atoms with van der Waals surface area (Å²) in [5, 5.41) is 19.5. The van der Waals surface area contributed by atoms with E-state index in [-0.39, 0.29) is 51.2 Å². The zero-order valence-corrected chi connectivity index (χ0v) is 49.5. The van der Waals surface area contributed by atoms with Crippen LogP contribution < -0.4 is 16.0 Å². The fourth-order valence-electron chi connectivity index (χ4n) is 6.80. The minimum atomic E-state index is -3.60. The molecule has 1 fully saturated rings. The van der Waals surface area contributed by atoms with Gasteiger partial charge in [-0.15, -0.1) is 0 Å². The van der Waals surface area contributed by atoms with Gasteiger partial charge in [-0.3, -0.25) is 19.1 Å². The highest BCUT2D eigenvalue weighted by atomic mass is 32.2. The van der Waals surface area contributed by atoms with Crippen LogP contribution in [0, 0.1) is 11.8 Å². The van der Waals surface area contributed by atoms with E-state index in [2.05, 4.69) is 31.4 Å². The number of hydrogen-bond donors (Lipinski definition) is 3. The minimum absolute atomic E-state index is 0.00369. The van der Waals surface area contributed by atoms with Crippen molar-refractivity contribution in [2.45, 2.75) is 219 Å². The first-order valence-corrected chi connectivity index (χ1v) is 29.9. The van der Waals surface area contributed by atoms with E-state index in [4.69, 9.17) is 9.05 Å². The molecule has 3 N–H and O–H groups in total. The maximum atomic E-state index is 13.1. The number of nitrogens with zero attached hydrogens (tertiary/aromatic N) is 4. The van der Waals surface area contributed by atoms with Gasteiger partial charge in [0.15, 0.2) is 41.1 Å². The highest BCUT2D eigenvalue weighted by molar-refractivity contribution is 7.94. The molecule has 412 valence electrons. The molecule has 0 saturated heterocycles. The van der Waals surface area contributed by atoms with Crippen LogP contribution in [0.4, 0.5) is 17.5 Å². The lowest BCUT2D eigenvalue weighted by molar-refractivity contribution is -0.118. The van der Waals surface area contributed by atoms with Crippen LogP contribution in [0.3, 0.4) is 0 Å². The molecular formula is C51H89N7O11S3. The molecule has 0 radical (unpaired) electrons. The number of rotatable bonds is 16. The molecule has 0 unspecified atom stereocenters. The van der Waals surface area contributed by atoms with Gasteiger partial charge in [-0.25, -0.2) is 25.3 Å². The molecule has 18 nitrogen and oxygen atoms in total. The summed E-state index contributed by atoms with van der Waals surface area (Å²) < 4.78 is 83.6. The number of aryl methyl sites for hydroxylation is 1. The maximum Gasteiger partial charge on any atom is 0.246 e. The Bertz CT molecular complexity index is 2630. The first-order chi connectivity index (χ1) is 32.4. The predicted octanol–water partition coefficient (Wildman–Crippen LogP) is 9.87. The Morgan fingerprint density at radius 3 is 1.25 bits per heavy atom. The summed E-state index contributed by atoms with van der Waals surface area (Å²) in [5.74, 6) is 1.04. The predicted molar refractivity (Wildman–Crippen MR) is 287 cm³/mol. The van der Waals surface area contributed by atoms with Crippen molar-refractivity contribution < 1.29 is 48.7 Å². The molecule has 3 amide bonds. The molecule has 0 atom stereocenters. The van der Waals surface area contributed by atoms with Gasteiger partial charge in [-0.1, -0.05) is 126 Å². The lowest BCUT2D eigenvalue weighted by Crippen LogP contribution is -2.48. The Morgan fingerprint density at radius 1 is 0.569 bits per heavy atom. The molecule has 1 aliphatic carbocycles. The van der Waals surface area contributed by atoms with Crippen LogP contribution in [0.25, 0.3) is 0 Å². The van der Waals surface area contributed by atoms with E-state index in [9.17, 15) is 39.6 Å². The summed E-state index contributed by atoms with van der Waals surface area (Å²) in [6.07, 6.45) is 6.27. The second-order valence-electron chi connectivity index (χ2n) is 24.5. The number of anilines is 3. The third-order valence-electron chi connectivity index (χ3n) is 12.9. The van der Waals surface area contributed by atoms with Gasteiger partial charge >= 0.3 is 0 Å². The van der Waals surface area contributed by atoms with Gasteiger partial charge in [0.25, 0.3) is 0 Å². The van der Waals surface area contributed by atoms with Gasteiger partial charge in [0.05, 0.1) is 22.4 Å². The Kier molecular flexibility index (Phi) is 21.4. The fraction of sp³-hybridized carbons (Fsp3) is 0.765. The Hall–Kier alpha value is -4.11. The average molecular weight is 1070 g/mol. The summed E-state index contributed by atoms with van der Waals surface area (Å²) in [6.45, 7) is 34.4. The molecule has 1 saturated carbocycles. The quantitative estimate of drug-likeness (QED) is 0.113. The molecule has 0 aliphatic heterocycles. The molecule has 3 aromatic rings. The summed E-state index contributed by atoms with van der Waals surface area (Å²) in [4.78, 5) is 37.7. The van der Waals surface area contributed by atoms with Crippen molar-refractivity contribution in [1.29, 1.82) is 0 Å².